The second-order valence-electron chi connectivity index (χ2n) is 6.29. The lowest BCUT2D eigenvalue weighted by molar-refractivity contribution is -0.122. The molecule has 0 spiro atoms. The average molecular weight is 396 g/mol. The summed E-state index contributed by atoms with van der Waals surface area (Å²) in [5.74, 6) is 0.821. The standard InChI is InChI=1S/C20H20N4O5/c21-8-1-9-22-19(26)16(10-13-2-5-15(25)6-3-13)24-20(27)23-14-4-7-17-18(11-14)29-12-28-17/h2-7,11,16,25H,1,9-10,12H2,(H,22,26)(H2,23,24,27). The molecule has 0 aromatic heterocycles. The monoisotopic (exact) mass is 396 g/mol. The largest absolute Gasteiger partial charge is 0.508 e. The molecule has 1 unspecified atom stereocenters. The van der Waals surface area contributed by atoms with Crippen LogP contribution in [-0.4, -0.2) is 36.4 Å². The summed E-state index contributed by atoms with van der Waals surface area (Å²) in [6.45, 7) is 0.315. The van der Waals surface area contributed by atoms with Crippen LogP contribution in [0.2, 0.25) is 0 Å². The molecule has 1 aliphatic rings. The number of carbonyl (C=O) groups is 2. The molecule has 1 aliphatic heterocycles. The average Bonchev–Trinajstić information content (AvgIpc) is 3.17. The predicted octanol–water partition coefficient (Wildman–Crippen LogP) is 1.88. The Morgan fingerprint density at radius 2 is 1.90 bits per heavy atom. The van der Waals surface area contributed by atoms with Crippen molar-refractivity contribution >= 4 is 17.6 Å². The van der Waals surface area contributed by atoms with E-state index in [4.69, 9.17) is 14.7 Å². The van der Waals surface area contributed by atoms with Gasteiger partial charge in [-0.15, -0.1) is 0 Å². The second-order valence-corrected chi connectivity index (χ2v) is 6.29. The first-order valence-corrected chi connectivity index (χ1v) is 8.95. The molecule has 9 heteroatoms. The van der Waals surface area contributed by atoms with Gasteiger partial charge in [0.25, 0.3) is 0 Å². The fourth-order valence-corrected chi connectivity index (χ4v) is 2.74. The number of ether oxygens (including phenoxy) is 2. The van der Waals surface area contributed by atoms with E-state index in [1.54, 1.807) is 30.3 Å². The number of carbonyl (C=O) groups excluding carboxylic acids is 2. The third kappa shape index (κ3) is 5.52. The summed E-state index contributed by atoms with van der Waals surface area (Å²) < 4.78 is 10.5. The maximum absolute atomic E-state index is 12.5. The lowest BCUT2D eigenvalue weighted by atomic mass is 10.1. The predicted molar refractivity (Wildman–Crippen MR) is 104 cm³/mol. The Labute approximate surface area is 167 Å². The van der Waals surface area contributed by atoms with Gasteiger partial charge >= 0.3 is 6.03 Å². The van der Waals surface area contributed by atoms with E-state index in [9.17, 15) is 14.7 Å². The van der Waals surface area contributed by atoms with E-state index in [1.165, 1.54) is 12.1 Å². The normalized spacial score (nSPS) is 12.5. The number of urea groups is 1. The fraction of sp³-hybridized carbons (Fsp3) is 0.250. The number of amides is 3. The Kier molecular flexibility index (Phi) is 6.37. The van der Waals surface area contributed by atoms with Gasteiger partial charge in [-0.2, -0.15) is 5.26 Å². The van der Waals surface area contributed by atoms with Crippen molar-refractivity contribution in [2.75, 3.05) is 18.7 Å². The van der Waals surface area contributed by atoms with Crippen molar-refractivity contribution in [1.82, 2.24) is 10.6 Å². The van der Waals surface area contributed by atoms with Gasteiger partial charge in [0.1, 0.15) is 11.8 Å². The lowest BCUT2D eigenvalue weighted by Crippen LogP contribution is -2.49. The molecule has 2 aromatic carbocycles. The van der Waals surface area contributed by atoms with Crippen LogP contribution in [0, 0.1) is 11.3 Å². The highest BCUT2D eigenvalue weighted by Crippen LogP contribution is 2.34. The molecular weight excluding hydrogens is 376 g/mol. The first-order valence-electron chi connectivity index (χ1n) is 8.95. The van der Waals surface area contributed by atoms with Gasteiger partial charge in [-0.25, -0.2) is 4.79 Å². The molecule has 3 rings (SSSR count). The lowest BCUT2D eigenvalue weighted by Gasteiger charge is -2.19. The van der Waals surface area contributed by atoms with E-state index >= 15 is 0 Å². The van der Waals surface area contributed by atoms with E-state index in [0.29, 0.717) is 17.2 Å². The highest BCUT2D eigenvalue weighted by molar-refractivity contribution is 5.94. The number of nitriles is 1. The van der Waals surface area contributed by atoms with Crippen molar-refractivity contribution in [2.24, 2.45) is 0 Å². The highest BCUT2D eigenvalue weighted by atomic mass is 16.7. The Morgan fingerprint density at radius 1 is 1.14 bits per heavy atom. The Bertz CT molecular complexity index is 923. The number of phenolic OH excluding ortho intramolecular Hbond substituents is 1. The van der Waals surface area contributed by atoms with Crippen molar-refractivity contribution in [1.29, 1.82) is 5.26 Å². The minimum Gasteiger partial charge on any atom is -0.508 e. The van der Waals surface area contributed by atoms with Crippen LogP contribution in [0.3, 0.4) is 0 Å². The zero-order chi connectivity index (χ0) is 20.6. The number of benzene rings is 2. The number of rotatable bonds is 7. The SMILES string of the molecule is N#CCCNC(=O)C(Cc1ccc(O)cc1)NC(=O)Nc1ccc2c(c1)OCO2. The smallest absolute Gasteiger partial charge is 0.319 e. The number of hydrogen-bond acceptors (Lipinski definition) is 6. The van der Waals surface area contributed by atoms with Crippen molar-refractivity contribution in [3.8, 4) is 23.3 Å². The summed E-state index contributed by atoms with van der Waals surface area (Å²) >= 11 is 0. The van der Waals surface area contributed by atoms with E-state index in [0.717, 1.165) is 5.56 Å². The number of phenols is 1. The molecule has 4 N–H and O–H groups in total. The molecule has 0 fully saturated rings. The summed E-state index contributed by atoms with van der Waals surface area (Å²) in [5, 5.41) is 26.0. The molecule has 150 valence electrons. The Hall–Kier alpha value is -3.93. The summed E-state index contributed by atoms with van der Waals surface area (Å²) in [4.78, 5) is 24.9. The van der Waals surface area contributed by atoms with Crippen LogP contribution >= 0.6 is 0 Å². The molecule has 0 saturated carbocycles. The van der Waals surface area contributed by atoms with Crippen molar-refractivity contribution < 1.29 is 24.2 Å². The maximum Gasteiger partial charge on any atom is 0.319 e. The second kappa shape index (κ2) is 9.32. The van der Waals surface area contributed by atoms with Gasteiger partial charge in [0.05, 0.1) is 12.5 Å². The van der Waals surface area contributed by atoms with Crippen LogP contribution in [-0.2, 0) is 11.2 Å². The van der Waals surface area contributed by atoms with Gasteiger partial charge in [-0.1, -0.05) is 12.1 Å². The van der Waals surface area contributed by atoms with Crippen LogP contribution in [0.4, 0.5) is 10.5 Å². The molecule has 29 heavy (non-hydrogen) atoms. The molecule has 1 heterocycles. The van der Waals surface area contributed by atoms with Crippen molar-refractivity contribution in [3.05, 3.63) is 48.0 Å². The fourth-order valence-electron chi connectivity index (χ4n) is 2.74. The highest BCUT2D eigenvalue weighted by Gasteiger charge is 2.22. The first-order chi connectivity index (χ1) is 14.0. The summed E-state index contributed by atoms with van der Waals surface area (Å²) in [7, 11) is 0. The molecule has 0 radical (unpaired) electrons. The van der Waals surface area contributed by atoms with Gasteiger partial charge in [0.15, 0.2) is 11.5 Å². The molecule has 3 amide bonds. The molecule has 0 bridgehead atoms. The molecule has 0 aliphatic carbocycles. The number of hydrogen-bond donors (Lipinski definition) is 4. The molecular formula is C20H20N4O5. The van der Waals surface area contributed by atoms with Crippen molar-refractivity contribution in [2.45, 2.75) is 18.9 Å². The Balaban J connectivity index is 1.65. The number of aromatic hydroxyl groups is 1. The Morgan fingerprint density at radius 3 is 2.66 bits per heavy atom. The van der Waals surface area contributed by atoms with Crippen LogP contribution in [0.5, 0.6) is 17.2 Å². The molecule has 0 saturated heterocycles. The zero-order valence-corrected chi connectivity index (χ0v) is 15.5. The van der Waals surface area contributed by atoms with Gasteiger partial charge in [-0.3, -0.25) is 4.79 Å². The van der Waals surface area contributed by atoms with Gasteiger partial charge in [0, 0.05) is 24.7 Å². The molecule has 1 atom stereocenters. The quantitative estimate of drug-likeness (QED) is 0.528. The summed E-state index contributed by atoms with van der Waals surface area (Å²) in [5.41, 5.74) is 1.24. The minimum absolute atomic E-state index is 0.109. The van der Waals surface area contributed by atoms with E-state index in [2.05, 4.69) is 16.0 Å². The first kappa shape index (κ1) is 19.8. The van der Waals surface area contributed by atoms with E-state index < -0.39 is 18.0 Å². The van der Waals surface area contributed by atoms with Crippen LogP contribution < -0.4 is 25.4 Å². The van der Waals surface area contributed by atoms with Crippen LogP contribution in [0.15, 0.2) is 42.5 Å². The third-order valence-electron chi connectivity index (χ3n) is 4.16. The number of nitrogens with one attached hydrogen (secondary N) is 3. The number of nitrogens with zero attached hydrogens (tertiary/aromatic N) is 1. The third-order valence-corrected chi connectivity index (χ3v) is 4.16. The van der Waals surface area contributed by atoms with Gasteiger partial charge < -0.3 is 30.5 Å². The summed E-state index contributed by atoms with van der Waals surface area (Å²) in [6.07, 6.45) is 0.383. The van der Waals surface area contributed by atoms with E-state index in [1.807, 2.05) is 6.07 Å². The topological polar surface area (TPSA) is 133 Å². The van der Waals surface area contributed by atoms with Crippen LogP contribution in [0.1, 0.15) is 12.0 Å². The van der Waals surface area contributed by atoms with E-state index in [-0.39, 0.29) is 31.9 Å². The van der Waals surface area contributed by atoms with Crippen molar-refractivity contribution in [3.63, 3.8) is 0 Å². The number of anilines is 1. The molecule has 2 aromatic rings. The van der Waals surface area contributed by atoms with Crippen LogP contribution in [0.25, 0.3) is 0 Å². The molecule has 9 nitrogen and oxygen atoms in total. The summed E-state index contributed by atoms with van der Waals surface area (Å²) in [6, 6.07) is 11.8. The van der Waals surface area contributed by atoms with Gasteiger partial charge in [0.2, 0.25) is 12.7 Å². The number of fused-ring (bicyclic) bond motifs is 1. The zero-order valence-electron chi connectivity index (χ0n) is 15.5. The maximum atomic E-state index is 12.5. The minimum atomic E-state index is -0.868. The van der Waals surface area contributed by atoms with Gasteiger partial charge in [-0.05, 0) is 29.8 Å².